The zero-order valence-corrected chi connectivity index (χ0v) is 24.1. The third-order valence-corrected chi connectivity index (χ3v) is 10.4. The van der Waals surface area contributed by atoms with Crippen molar-refractivity contribution in [3.05, 3.63) is 35.8 Å². The maximum atomic E-state index is 12.3. The fourth-order valence-electron chi connectivity index (χ4n) is 6.04. The lowest BCUT2D eigenvalue weighted by Crippen LogP contribution is -2.61. The second-order valence-electron chi connectivity index (χ2n) is 11.0. The average molecular weight is 558 g/mol. The van der Waals surface area contributed by atoms with E-state index in [0.29, 0.717) is 37.5 Å². The molecule has 0 saturated carbocycles. The maximum absolute atomic E-state index is 12.3. The van der Waals surface area contributed by atoms with Gasteiger partial charge in [-0.1, -0.05) is 12.1 Å². The molecule has 1 aromatic carbocycles. The summed E-state index contributed by atoms with van der Waals surface area (Å²) >= 11 is 1.86. The van der Waals surface area contributed by atoms with E-state index < -0.39 is 15.6 Å². The van der Waals surface area contributed by atoms with Crippen LogP contribution in [0.3, 0.4) is 0 Å². The second-order valence-corrected chi connectivity index (χ2v) is 14.2. The number of hydrogen-bond donors (Lipinski definition) is 0. The lowest BCUT2D eigenvalue weighted by Gasteiger charge is -2.46. The van der Waals surface area contributed by atoms with Crippen molar-refractivity contribution < 1.29 is 13.2 Å². The zero-order chi connectivity index (χ0) is 26.7. The molecule has 204 valence electrons. The largest absolute Gasteiger partial charge is 0.378 e. The van der Waals surface area contributed by atoms with E-state index in [9.17, 15) is 8.42 Å². The van der Waals surface area contributed by atoms with Crippen LogP contribution in [0.15, 0.2) is 29.2 Å². The van der Waals surface area contributed by atoms with Gasteiger partial charge in [-0.15, -0.1) is 11.8 Å². The number of fused-ring (bicyclic) bond motifs is 2. The van der Waals surface area contributed by atoms with Crippen LogP contribution in [0.5, 0.6) is 0 Å². The number of sulfonamides is 1. The quantitative estimate of drug-likeness (QED) is 0.468. The van der Waals surface area contributed by atoms with Crippen molar-refractivity contribution in [1.82, 2.24) is 28.7 Å². The number of ether oxygens (including phenoxy) is 1. The molecule has 1 atom stereocenters. The minimum absolute atomic E-state index is 0.329. The number of morpholine rings is 1. The first-order valence-corrected chi connectivity index (χ1v) is 15.9. The lowest BCUT2D eigenvalue weighted by atomic mass is 10.0. The summed E-state index contributed by atoms with van der Waals surface area (Å²) in [4.78, 5) is 20.9. The normalized spacial score (nSPS) is 22.7. The van der Waals surface area contributed by atoms with E-state index in [2.05, 4.69) is 20.4 Å². The Morgan fingerprint density at radius 2 is 1.84 bits per heavy atom. The molecule has 3 aliphatic heterocycles. The summed E-state index contributed by atoms with van der Waals surface area (Å²) in [6.07, 6.45) is 2.16. The van der Waals surface area contributed by atoms with Gasteiger partial charge in [0.05, 0.1) is 41.1 Å². The van der Waals surface area contributed by atoms with Crippen LogP contribution in [-0.4, -0.2) is 107 Å². The van der Waals surface area contributed by atoms with Gasteiger partial charge >= 0.3 is 0 Å². The molecule has 3 aliphatic rings. The Balaban J connectivity index is 1.30. The number of aryl methyl sites for hydroxylation is 1. The third kappa shape index (κ3) is 4.81. The van der Waals surface area contributed by atoms with Crippen molar-refractivity contribution in [2.24, 2.45) is 0 Å². The van der Waals surface area contributed by atoms with Gasteiger partial charge in [0, 0.05) is 56.5 Å². The van der Waals surface area contributed by atoms with Crippen molar-refractivity contribution in [2.45, 2.75) is 42.9 Å². The van der Waals surface area contributed by atoms with E-state index in [1.807, 2.05) is 50.7 Å². The van der Waals surface area contributed by atoms with E-state index in [-0.39, 0.29) is 0 Å². The fraction of sp³-hybridized carbons (Fsp3) is 0.577. The smallest absolute Gasteiger partial charge is 0.237 e. The van der Waals surface area contributed by atoms with Gasteiger partial charge < -0.3 is 9.64 Å². The highest BCUT2D eigenvalue weighted by Crippen LogP contribution is 2.43. The molecule has 2 aromatic heterocycles. The number of imidazole rings is 1. The minimum atomic E-state index is -3.23. The highest BCUT2D eigenvalue weighted by Gasteiger charge is 2.40. The average Bonchev–Trinajstić information content (AvgIpc) is 3.41. The van der Waals surface area contributed by atoms with Gasteiger partial charge in [-0.25, -0.2) is 18.4 Å². The molecule has 2 fully saturated rings. The van der Waals surface area contributed by atoms with Crippen molar-refractivity contribution in [1.29, 1.82) is 0 Å². The van der Waals surface area contributed by atoms with Crippen LogP contribution in [-0.2, 0) is 21.2 Å². The Labute approximate surface area is 228 Å². The van der Waals surface area contributed by atoms with Crippen molar-refractivity contribution >= 4 is 38.6 Å². The molecular formula is C26H35N7O3S2. The van der Waals surface area contributed by atoms with Crippen LogP contribution in [0.25, 0.3) is 17.0 Å². The first kappa shape index (κ1) is 26.0. The predicted molar refractivity (Wildman–Crippen MR) is 150 cm³/mol. The minimum Gasteiger partial charge on any atom is -0.378 e. The van der Waals surface area contributed by atoms with Crippen LogP contribution in [0, 0.1) is 6.92 Å². The summed E-state index contributed by atoms with van der Waals surface area (Å²) in [6.45, 7) is 11.9. The van der Waals surface area contributed by atoms with Gasteiger partial charge in [0.15, 0.2) is 0 Å². The van der Waals surface area contributed by atoms with Crippen molar-refractivity contribution in [3.63, 3.8) is 0 Å². The molecule has 0 amide bonds. The third-order valence-electron chi connectivity index (χ3n) is 7.62. The molecule has 10 nitrogen and oxygen atoms in total. The van der Waals surface area contributed by atoms with Crippen LogP contribution >= 0.6 is 11.8 Å². The molecule has 12 heteroatoms. The number of nitrogens with zero attached hydrogens (tertiary/aromatic N) is 7. The van der Waals surface area contributed by atoms with E-state index in [1.165, 1.54) is 6.26 Å². The second kappa shape index (κ2) is 9.74. The van der Waals surface area contributed by atoms with Gasteiger partial charge in [0.2, 0.25) is 16.0 Å². The lowest BCUT2D eigenvalue weighted by molar-refractivity contribution is 0.0825. The highest BCUT2D eigenvalue weighted by molar-refractivity contribution is 8.00. The molecule has 1 unspecified atom stereocenters. The van der Waals surface area contributed by atoms with Crippen molar-refractivity contribution in [3.8, 4) is 5.95 Å². The van der Waals surface area contributed by atoms with Gasteiger partial charge in [-0.2, -0.15) is 9.29 Å². The van der Waals surface area contributed by atoms with Crippen LogP contribution < -0.4 is 4.90 Å². The number of benzene rings is 1. The molecule has 0 aliphatic carbocycles. The van der Waals surface area contributed by atoms with Crippen LogP contribution in [0.2, 0.25) is 0 Å². The topological polar surface area (TPSA) is 96.7 Å². The van der Waals surface area contributed by atoms with Gasteiger partial charge in [0.1, 0.15) is 11.6 Å². The standard InChI is InChI=1S/C26H35N7O3S2/c1-18-27-20-7-5-6-8-22(20)33(18)25-28-21-15-19(37-23(21)24(29-25)31-11-13-36-14-12-31)16-30-9-10-32(38(4,34)35)26(2,3)17-30/h5-8,19H,9-17H2,1-4H3. The fourth-order valence-corrected chi connectivity index (χ4v) is 8.82. The summed E-state index contributed by atoms with van der Waals surface area (Å²) in [5.74, 6) is 2.52. The number of rotatable bonds is 5. The number of hydrogen-bond acceptors (Lipinski definition) is 9. The number of para-hydroxylation sites is 2. The SMILES string of the molecule is Cc1nc2ccccc2n1-c1nc2c(c(N3CCOCC3)n1)SC(CN1CCN(S(C)(=O)=O)C(C)(C)C1)C2. The Kier molecular flexibility index (Phi) is 6.66. The monoisotopic (exact) mass is 557 g/mol. The van der Waals surface area contributed by atoms with Gasteiger partial charge in [-0.05, 0) is 32.9 Å². The molecule has 2 saturated heterocycles. The summed E-state index contributed by atoms with van der Waals surface area (Å²) in [5, 5.41) is 0.329. The Morgan fingerprint density at radius 1 is 1.08 bits per heavy atom. The number of piperazine rings is 1. The number of thioether (sulfide) groups is 1. The van der Waals surface area contributed by atoms with Gasteiger partial charge in [0.25, 0.3) is 0 Å². The molecule has 0 bridgehead atoms. The van der Waals surface area contributed by atoms with Crippen LogP contribution in [0.4, 0.5) is 5.82 Å². The molecule has 6 rings (SSSR count). The van der Waals surface area contributed by atoms with Crippen molar-refractivity contribution in [2.75, 3.05) is 63.6 Å². The maximum Gasteiger partial charge on any atom is 0.237 e. The molecule has 3 aromatic rings. The summed E-state index contributed by atoms with van der Waals surface area (Å²) in [7, 11) is -3.23. The molecule has 0 radical (unpaired) electrons. The molecule has 38 heavy (non-hydrogen) atoms. The first-order valence-electron chi connectivity index (χ1n) is 13.1. The summed E-state index contributed by atoms with van der Waals surface area (Å²) < 4.78 is 33.9. The summed E-state index contributed by atoms with van der Waals surface area (Å²) in [5.41, 5.74) is 2.59. The highest BCUT2D eigenvalue weighted by atomic mass is 32.2. The summed E-state index contributed by atoms with van der Waals surface area (Å²) in [6, 6.07) is 8.11. The predicted octanol–water partition coefficient (Wildman–Crippen LogP) is 2.33. The van der Waals surface area contributed by atoms with E-state index in [4.69, 9.17) is 19.7 Å². The molecule has 5 heterocycles. The Morgan fingerprint density at radius 3 is 2.58 bits per heavy atom. The Hall–Kier alpha value is -2.25. The van der Waals surface area contributed by atoms with Crippen LogP contribution in [0.1, 0.15) is 25.4 Å². The molecular weight excluding hydrogens is 522 g/mol. The Bertz CT molecular complexity index is 1470. The number of anilines is 1. The van der Waals surface area contributed by atoms with E-state index in [0.717, 1.165) is 65.9 Å². The number of aromatic nitrogens is 4. The first-order chi connectivity index (χ1) is 18.1. The molecule has 0 spiro atoms. The van der Waals surface area contributed by atoms with Gasteiger partial charge in [-0.3, -0.25) is 9.47 Å². The van der Waals surface area contributed by atoms with E-state index in [1.54, 1.807) is 4.31 Å². The molecule has 0 N–H and O–H groups in total. The zero-order valence-electron chi connectivity index (χ0n) is 22.4. The van der Waals surface area contributed by atoms with E-state index >= 15 is 0 Å².